The first-order valence-electron chi connectivity index (χ1n) is 16.1. The van der Waals surface area contributed by atoms with E-state index < -0.39 is 0 Å². The molecular weight excluding hydrogens is 560 g/mol. The number of hydrogen-bond donors (Lipinski definition) is 2. The lowest BCUT2D eigenvalue weighted by Crippen LogP contribution is -1.97. The molecule has 0 saturated carbocycles. The van der Waals surface area contributed by atoms with E-state index in [1.807, 2.05) is 48.5 Å². The Kier molecular flexibility index (Phi) is 7.11. The number of aromatic hydroxyl groups is 2. The second-order valence-corrected chi connectivity index (χ2v) is 12.2. The van der Waals surface area contributed by atoms with Gasteiger partial charge in [0.25, 0.3) is 0 Å². The van der Waals surface area contributed by atoms with E-state index in [9.17, 15) is 10.2 Å². The van der Waals surface area contributed by atoms with Crippen molar-refractivity contribution >= 4 is 43.1 Å². The van der Waals surface area contributed by atoms with Crippen LogP contribution >= 0.6 is 0 Å². The normalized spacial score (nSPS) is 11.6. The van der Waals surface area contributed by atoms with Gasteiger partial charge < -0.3 is 10.2 Å². The van der Waals surface area contributed by atoms with E-state index in [4.69, 9.17) is 0 Å². The highest BCUT2D eigenvalue weighted by Gasteiger charge is 2.19. The summed E-state index contributed by atoms with van der Waals surface area (Å²) in [4.78, 5) is 0. The zero-order valence-electron chi connectivity index (χ0n) is 25.6. The predicted molar refractivity (Wildman–Crippen MR) is 194 cm³/mol. The number of rotatable bonds is 7. The number of fused-ring (bicyclic) bond motifs is 4. The smallest absolute Gasteiger partial charge is 0.124 e. The number of unbranched alkanes of at least 4 members (excludes halogenated alkanes) is 1. The van der Waals surface area contributed by atoms with Crippen LogP contribution in [0.25, 0.3) is 65.3 Å². The molecule has 0 heterocycles. The van der Waals surface area contributed by atoms with Crippen LogP contribution in [0.4, 0.5) is 0 Å². The highest BCUT2D eigenvalue weighted by atomic mass is 16.3. The highest BCUT2D eigenvalue weighted by molar-refractivity contribution is 6.10. The monoisotopic (exact) mass is 594 g/mol. The minimum Gasteiger partial charge on any atom is -0.507 e. The van der Waals surface area contributed by atoms with Crippen LogP contribution in [-0.2, 0) is 12.8 Å². The van der Waals surface area contributed by atoms with Crippen molar-refractivity contribution in [1.82, 2.24) is 0 Å². The highest BCUT2D eigenvalue weighted by Crippen LogP contribution is 2.44. The third-order valence-electron chi connectivity index (χ3n) is 9.49. The van der Waals surface area contributed by atoms with Gasteiger partial charge in [0, 0.05) is 11.1 Å². The van der Waals surface area contributed by atoms with Crippen molar-refractivity contribution in [3.05, 3.63) is 157 Å². The van der Waals surface area contributed by atoms with Crippen molar-refractivity contribution in [2.45, 2.75) is 25.7 Å². The van der Waals surface area contributed by atoms with E-state index in [2.05, 4.69) is 97.1 Å². The second kappa shape index (κ2) is 11.7. The third-order valence-corrected chi connectivity index (χ3v) is 9.49. The molecule has 0 amide bonds. The van der Waals surface area contributed by atoms with Gasteiger partial charge in [-0.15, -0.1) is 0 Å². The van der Waals surface area contributed by atoms with Crippen LogP contribution in [0.2, 0.25) is 0 Å². The molecular formula is C44H34O2. The lowest BCUT2D eigenvalue weighted by atomic mass is 9.86. The quantitative estimate of drug-likeness (QED) is 0.180. The van der Waals surface area contributed by atoms with Crippen LogP contribution in [0.1, 0.15) is 24.0 Å². The minimum absolute atomic E-state index is 0.312. The van der Waals surface area contributed by atoms with Gasteiger partial charge in [0.05, 0.1) is 0 Å². The van der Waals surface area contributed by atoms with E-state index in [1.54, 1.807) is 0 Å². The Labute approximate surface area is 268 Å². The van der Waals surface area contributed by atoms with Crippen molar-refractivity contribution < 1.29 is 10.2 Å². The van der Waals surface area contributed by atoms with Gasteiger partial charge in [-0.2, -0.15) is 0 Å². The van der Waals surface area contributed by atoms with Crippen molar-refractivity contribution in [3.63, 3.8) is 0 Å². The topological polar surface area (TPSA) is 40.5 Å². The number of phenolic OH excluding ortho intramolecular Hbond substituents is 2. The van der Waals surface area contributed by atoms with Crippen LogP contribution in [0.15, 0.2) is 146 Å². The maximum atomic E-state index is 11.3. The van der Waals surface area contributed by atoms with Crippen LogP contribution in [0, 0.1) is 0 Å². The lowest BCUT2D eigenvalue weighted by Gasteiger charge is -2.18. The van der Waals surface area contributed by atoms with Crippen molar-refractivity contribution in [2.24, 2.45) is 0 Å². The Morgan fingerprint density at radius 1 is 0.304 bits per heavy atom. The Bertz CT molecular complexity index is 2230. The molecule has 8 aromatic rings. The number of aryl methyl sites for hydroxylation is 2. The molecule has 0 saturated heterocycles. The van der Waals surface area contributed by atoms with Gasteiger partial charge >= 0.3 is 0 Å². The molecule has 0 atom stereocenters. The largest absolute Gasteiger partial charge is 0.507 e. The van der Waals surface area contributed by atoms with Crippen molar-refractivity contribution in [3.8, 4) is 33.8 Å². The molecule has 0 aromatic heterocycles. The fraction of sp³-hybridized carbons (Fsp3) is 0.0909. The maximum absolute atomic E-state index is 11.3. The van der Waals surface area contributed by atoms with Gasteiger partial charge in [-0.05, 0) is 103 Å². The standard InChI is InChI=1S/C44H34O2/c45-39-27-25-31-13-5-9-19-37(31)43(39)41-33(23-21-29-11-3-7-17-35(29)41)15-1-2-16-34-24-22-30-12-4-8-18-36(30)42(34)44-38-20-10-6-14-32(38)26-28-40(44)46/h3-14,17-28,45-46H,1-2,15-16H2. The molecule has 0 bridgehead atoms. The van der Waals surface area contributed by atoms with Gasteiger partial charge in [0.1, 0.15) is 11.5 Å². The van der Waals surface area contributed by atoms with Gasteiger partial charge in [-0.3, -0.25) is 0 Å². The molecule has 0 aliphatic carbocycles. The van der Waals surface area contributed by atoms with E-state index in [0.717, 1.165) is 80.3 Å². The maximum Gasteiger partial charge on any atom is 0.124 e. The Hall–Kier alpha value is -5.60. The summed E-state index contributed by atoms with van der Waals surface area (Å²) >= 11 is 0. The van der Waals surface area contributed by atoms with Gasteiger partial charge in [0.2, 0.25) is 0 Å². The average Bonchev–Trinajstić information content (AvgIpc) is 3.10. The molecule has 0 aliphatic heterocycles. The molecule has 2 nitrogen and oxygen atoms in total. The predicted octanol–water partition coefficient (Wildman–Crippen LogP) is 11.6. The fourth-order valence-electron chi connectivity index (χ4n) is 7.32. The van der Waals surface area contributed by atoms with E-state index >= 15 is 0 Å². The minimum atomic E-state index is 0.312. The third kappa shape index (κ3) is 4.83. The van der Waals surface area contributed by atoms with Crippen molar-refractivity contribution in [1.29, 1.82) is 0 Å². The molecule has 0 aliphatic rings. The van der Waals surface area contributed by atoms with Crippen LogP contribution in [-0.4, -0.2) is 10.2 Å². The zero-order valence-corrected chi connectivity index (χ0v) is 25.6. The molecule has 0 fully saturated rings. The summed E-state index contributed by atoms with van der Waals surface area (Å²) in [7, 11) is 0. The van der Waals surface area contributed by atoms with Crippen molar-refractivity contribution in [2.75, 3.05) is 0 Å². The summed E-state index contributed by atoms with van der Waals surface area (Å²) in [6.07, 6.45) is 3.77. The number of benzene rings is 8. The molecule has 222 valence electrons. The van der Waals surface area contributed by atoms with E-state index in [1.165, 1.54) is 21.9 Å². The zero-order chi connectivity index (χ0) is 31.0. The summed E-state index contributed by atoms with van der Waals surface area (Å²) in [5.41, 5.74) is 6.56. The molecule has 0 unspecified atom stereocenters. The second-order valence-electron chi connectivity index (χ2n) is 12.2. The van der Waals surface area contributed by atoms with Gasteiger partial charge in [-0.25, -0.2) is 0 Å². The summed E-state index contributed by atoms with van der Waals surface area (Å²) in [6.45, 7) is 0. The molecule has 8 aromatic carbocycles. The first kappa shape index (κ1) is 27.9. The van der Waals surface area contributed by atoms with E-state index in [0.29, 0.717) is 11.5 Å². The summed E-state index contributed by atoms with van der Waals surface area (Å²) in [5.74, 6) is 0.624. The van der Waals surface area contributed by atoms with Gasteiger partial charge in [-0.1, -0.05) is 133 Å². The van der Waals surface area contributed by atoms with Crippen LogP contribution < -0.4 is 0 Å². The van der Waals surface area contributed by atoms with E-state index in [-0.39, 0.29) is 0 Å². The Morgan fingerprint density at radius 3 is 0.978 bits per heavy atom. The summed E-state index contributed by atoms with van der Waals surface area (Å²) in [6, 6.07) is 50.1. The first-order chi connectivity index (χ1) is 22.7. The number of hydrogen-bond acceptors (Lipinski definition) is 2. The lowest BCUT2D eigenvalue weighted by molar-refractivity contribution is 0.477. The summed E-state index contributed by atoms with van der Waals surface area (Å²) in [5, 5.41) is 31.6. The van der Waals surface area contributed by atoms with Crippen LogP contribution in [0.3, 0.4) is 0 Å². The van der Waals surface area contributed by atoms with Gasteiger partial charge in [0.15, 0.2) is 0 Å². The van der Waals surface area contributed by atoms with Crippen LogP contribution in [0.5, 0.6) is 11.5 Å². The number of phenols is 2. The molecule has 46 heavy (non-hydrogen) atoms. The molecule has 2 N–H and O–H groups in total. The summed E-state index contributed by atoms with van der Waals surface area (Å²) < 4.78 is 0. The molecule has 0 radical (unpaired) electrons. The molecule has 0 spiro atoms. The average molecular weight is 595 g/mol. The molecule has 8 rings (SSSR count). The Morgan fingerprint density at radius 2 is 0.609 bits per heavy atom. The SMILES string of the molecule is Oc1ccc2ccccc2c1-c1c(CCCCc2ccc3ccccc3c2-c2c(O)ccc3ccccc23)ccc2ccccc12. The first-order valence-corrected chi connectivity index (χ1v) is 16.1. The Balaban J connectivity index is 1.17. The fourth-order valence-corrected chi connectivity index (χ4v) is 7.32. The molecule has 2 heteroatoms.